The molecule has 0 bridgehead atoms. The fraction of sp³-hybridized carbons (Fsp3) is 0. The lowest BCUT2D eigenvalue weighted by molar-refractivity contribution is 0.474. The number of nitrogens with zero attached hydrogens (tertiary/aromatic N) is 2. The van der Waals surface area contributed by atoms with Crippen molar-refractivity contribution in [3.8, 4) is 5.75 Å². The van der Waals surface area contributed by atoms with Crippen LogP contribution < -0.4 is 11.2 Å². The highest BCUT2D eigenvalue weighted by molar-refractivity contribution is 6.36. The van der Waals surface area contributed by atoms with Crippen molar-refractivity contribution >= 4 is 40.3 Å². The number of hydrogen-bond acceptors (Lipinski definition) is 4. The molecular weight excluding hydrogens is 341 g/mol. The number of phenols is 1. The van der Waals surface area contributed by atoms with Gasteiger partial charge < -0.3 is 10.1 Å². The molecule has 0 aliphatic heterocycles. The zero-order valence-corrected chi connectivity index (χ0v) is 13.0. The number of fused-ring (bicyclic) bond motifs is 1. The summed E-state index contributed by atoms with van der Waals surface area (Å²) >= 11 is 11.7. The summed E-state index contributed by atoms with van der Waals surface area (Å²) in [7, 11) is 0. The van der Waals surface area contributed by atoms with Crippen LogP contribution in [0.1, 0.15) is 5.56 Å². The number of halogens is 2. The molecule has 2 N–H and O–H groups in total. The Morgan fingerprint density at radius 2 is 1.91 bits per heavy atom. The SMILES string of the molecule is O=c1[nH]c2ccccc2c(=O)n1/N=C/c1cc(Cl)cc(Cl)c1O. The summed E-state index contributed by atoms with van der Waals surface area (Å²) in [5.41, 5.74) is -0.671. The van der Waals surface area contributed by atoms with Crippen molar-refractivity contribution in [3.63, 3.8) is 0 Å². The first-order chi connectivity index (χ1) is 11.0. The van der Waals surface area contributed by atoms with Gasteiger partial charge in [0.1, 0.15) is 5.75 Å². The number of aromatic hydroxyl groups is 1. The van der Waals surface area contributed by atoms with Crippen LogP contribution in [0.2, 0.25) is 10.0 Å². The molecule has 23 heavy (non-hydrogen) atoms. The standard InChI is InChI=1S/C15H9Cl2N3O3/c16-9-5-8(13(21)11(17)6-9)7-18-20-14(22)10-3-1-2-4-12(10)19-15(20)23/h1-7,21H,(H,19,23)/b18-7+. The molecule has 1 aromatic heterocycles. The van der Waals surface area contributed by atoms with E-state index in [0.717, 1.165) is 6.21 Å². The molecule has 0 spiro atoms. The molecule has 6 nitrogen and oxygen atoms in total. The summed E-state index contributed by atoms with van der Waals surface area (Å²) in [6.07, 6.45) is 1.14. The Morgan fingerprint density at radius 1 is 1.17 bits per heavy atom. The van der Waals surface area contributed by atoms with Gasteiger partial charge in [-0.1, -0.05) is 35.3 Å². The van der Waals surface area contributed by atoms with E-state index in [2.05, 4.69) is 10.1 Å². The molecule has 116 valence electrons. The molecule has 0 unspecified atom stereocenters. The molecule has 0 aliphatic rings. The van der Waals surface area contributed by atoms with Crippen LogP contribution >= 0.6 is 23.2 Å². The van der Waals surface area contributed by atoms with Crippen LogP contribution in [-0.2, 0) is 0 Å². The minimum atomic E-state index is -0.697. The minimum absolute atomic E-state index is 0.0405. The van der Waals surface area contributed by atoms with E-state index in [4.69, 9.17) is 23.2 Å². The van der Waals surface area contributed by atoms with E-state index in [1.807, 2.05) is 0 Å². The number of rotatable bonds is 2. The molecule has 0 amide bonds. The summed E-state index contributed by atoms with van der Waals surface area (Å²) in [6, 6.07) is 9.36. The van der Waals surface area contributed by atoms with Gasteiger partial charge in [-0.3, -0.25) is 4.79 Å². The van der Waals surface area contributed by atoms with Gasteiger partial charge in [-0.2, -0.15) is 5.10 Å². The Balaban J connectivity index is 2.16. The second kappa shape index (κ2) is 5.91. The van der Waals surface area contributed by atoms with Gasteiger partial charge in [0.25, 0.3) is 5.56 Å². The molecule has 3 rings (SSSR count). The molecular formula is C15H9Cl2N3O3. The average Bonchev–Trinajstić information content (AvgIpc) is 2.51. The lowest BCUT2D eigenvalue weighted by Crippen LogP contribution is -2.32. The molecule has 0 saturated heterocycles. The second-order valence-electron chi connectivity index (χ2n) is 4.66. The zero-order valence-electron chi connectivity index (χ0n) is 11.5. The van der Waals surface area contributed by atoms with Crippen LogP contribution in [0, 0.1) is 0 Å². The third-order valence-corrected chi connectivity index (χ3v) is 3.66. The maximum Gasteiger partial charge on any atom is 0.349 e. The van der Waals surface area contributed by atoms with E-state index in [9.17, 15) is 14.7 Å². The normalized spacial score (nSPS) is 11.4. The lowest BCUT2D eigenvalue weighted by Gasteiger charge is -2.03. The number of nitrogens with one attached hydrogen (secondary N) is 1. The maximum absolute atomic E-state index is 12.3. The van der Waals surface area contributed by atoms with Gasteiger partial charge in [0.2, 0.25) is 0 Å². The number of hydrogen-bond donors (Lipinski definition) is 2. The van der Waals surface area contributed by atoms with Crippen molar-refractivity contribution in [2.45, 2.75) is 0 Å². The predicted octanol–water partition coefficient (Wildman–Crippen LogP) is 2.58. The lowest BCUT2D eigenvalue weighted by atomic mass is 10.2. The van der Waals surface area contributed by atoms with Gasteiger partial charge in [0.05, 0.1) is 22.1 Å². The first kappa shape index (κ1) is 15.3. The third-order valence-electron chi connectivity index (χ3n) is 3.15. The smallest absolute Gasteiger partial charge is 0.349 e. The van der Waals surface area contributed by atoms with Gasteiger partial charge in [0.15, 0.2) is 0 Å². The third kappa shape index (κ3) is 2.86. The van der Waals surface area contributed by atoms with Gasteiger partial charge in [0, 0.05) is 10.6 Å². The Kier molecular flexibility index (Phi) is 3.94. The molecule has 0 fully saturated rings. The Bertz CT molecular complexity index is 1050. The van der Waals surface area contributed by atoms with Crippen molar-refractivity contribution in [1.82, 2.24) is 9.66 Å². The van der Waals surface area contributed by atoms with Crippen molar-refractivity contribution < 1.29 is 5.11 Å². The maximum atomic E-state index is 12.3. The van der Waals surface area contributed by atoms with Gasteiger partial charge in [-0.05, 0) is 24.3 Å². The number of para-hydroxylation sites is 1. The monoisotopic (exact) mass is 349 g/mol. The topological polar surface area (TPSA) is 87.5 Å². The van der Waals surface area contributed by atoms with Crippen LogP contribution in [-0.4, -0.2) is 21.0 Å². The molecule has 8 heteroatoms. The summed E-state index contributed by atoms with van der Waals surface area (Å²) < 4.78 is 0.663. The number of benzene rings is 2. The Hall–Kier alpha value is -2.57. The fourth-order valence-corrected chi connectivity index (χ4v) is 2.57. The highest BCUT2D eigenvalue weighted by Gasteiger charge is 2.08. The highest BCUT2D eigenvalue weighted by atomic mass is 35.5. The minimum Gasteiger partial charge on any atom is -0.506 e. The molecule has 3 aromatic rings. The van der Waals surface area contributed by atoms with E-state index in [1.54, 1.807) is 24.3 Å². The largest absolute Gasteiger partial charge is 0.506 e. The Labute approximate surface area is 139 Å². The van der Waals surface area contributed by atoms with Gasteiger partial charge in [-0.25, -0.2) is 4.79 Å². The zero-order chi connectivity index (χ0) is 16.6. The summed E-state index contributed by atoms with van der Waals surface area (Å²) in [5.74, 6) is -0.245. The fourth-order valence-electron chi connectivity index (χ4n) is 2.06. The molecule has 0 saturated carbocycles. The molecule has 0 radical (unpaired) electrons. The van der Waals surface area contributed by atoms with E-state index < -0.39 is 11.2 Å². The number of H-pyrrole nitrogens is 1. The van der Waals surface area contributed by atoms with Crippen LogP contribution in [0.3, 0.4) is 0 Å². The first-order valence-electron chi connectivity index (χ1n) is 6.44. The summed E-state index contributed by atoms with van der Waals surface area (Å²) in [4.78, 5) is 26.8. The molecule has 2 aromatic carbocycles. The van der Waals surface area contributed by atoms with E-state index in [0.29, 0.717) is 15.6 Å². The van der Waals surface area contributed by atoms with Gasteiger partial charge in [-0.15, -0.1) is 4.68 Å². The van der Waals surface area contributed by atoms with Crippen molar-refractivity contribution in [1.29, 1.82) is 0 Å². The predicted molar refractivity (Wildman–Crippen MR) is 89.9 cm³/mol. The van der Waals surface area contributed by atoms with Crippen molar-refractivity contribution in [2.24, 2.45) is 5.10 Å². The molecule has 0 aliphatic carbocycles. The second-order valence-corrected chi connectivity index (χ2v) is 5.51. The van der Waals surface area contributed by atoms with E-state index in [-0.39, 0.29) is 21.4 Å². The van der Waals surface area contributed by atoms with Crippen LogP contribution in [0.25, 0.3) is 10.9 Å². The first-order valence-corrected chi connectivity index (χ1v) is 7.19. The number of aromatic nitrogens is 2. The van der Waals surface area contributed by atoms with Crippen LogP contribution in [0.4, 0.5) is 0 Å². The van der Waals surface area contributed by atoms with E-state index >= 15 is 0 Å². The summed E-state index contributed by atoms with van der Waals surface area (Å²) in [6.45, 7) is 0. The molecule has 1 heterocycles. The number of aromatic amines is 1. The van der Waals surface area contributed by atoms with Gasteiger partial charge >= 0.3 is 5.69 Å². The van der Waals surface area contributed by atoms with Crippen LogP contribution in [0.5, 0.6) is 5.75 Å². The quantitative estimate of drug-likeness (QED) is 0.697. The van der Waals surface area contributed by atoms with Crippen molar-refractivity contribution in [3.05, 3.63) is 72.8 Å². The van der Waals surface area contributed by atoms with Crippen molar-refractivity contribution in [2.75, 3.05) is 0 Å². The van der Waals surface area contributed by atoms with Crippen LogP contribution in [0.15, 0.2) is 51.1 Å². The number of phenolic OH excluding ortho intramolecular Hbond substituents is 1. The highest BCUT2D eigenvalue weighted by Crippen LogP contribution is 2.29. The Morgan fingerprint density at radius 3 is 2.70 bits per heavy atom. The molecule has 0 atom stereocenters. The summed E-state index contributed by atoms with van der Waals surface area (Å²) in [5, 5.41) is 14.3. The van der Waals surface area contributed by atoms with E-state index in [1.165, 1.54) is 12.1 Å². The average molecular weight is 350 g/mol.